The van der Waals surface area contributed by atoms with Gasteiger partial charge in [-0.2, -0.15) is 13.2 Å². The number of anilines is 1. The molecule has 116 valence electrons. The zero-order valence-corrected chi connectivity index (χ0v) is 11.5. The number of hydrogen-bond acceptors (Lipinski definition) is 4. The molecule has 21 heavy (non-hydrogen) atoms. The summed E-state index contributed by atoms with van der Waals surface area (Å²) in [6.07, 6.45) is -4.49. The average Bonchev–Trinajstić information content (AvgIpc) is 2.46. The number of carbonyl (C=O) groups is 1. The molecule has 1 aromatic rings. The molecule has 0 spiro atoms. The van der Waals surface area contributed by atoms with E-state index < -0.39 is 17.6 Å². The van der Waals surface area contributed by atoms with Crippen LogP contribution in [0.4, 0.5) is 18.9 Å². The van der Waals surface area contributed by atoms with Crippen molar-refractivity contribution in [1.29, 1.82) is 0 Å². The standard InChI is InChI=1S/C13H16F3N3O2/c1-17-11-3-2-9(13(14,15)16)8-10(11)12(20)18-19-4-6-21-7-5-19/h2-3,8,17H,4-7H2,1H3,(H,18,20). The van der Waals surface area contributed by atoms with Crippen molar-refractivity contribution in [3.8, 4) is 0 Å². The van der Waals surface area contributed by atoms with E-state index in [1.807, 2.05) is 0 Å². The van der Waals surface area contributed by atoms with Crippen molar-refractivity contribution in [1.82, 2.24) is 10.4 Å². The van der Waals surface area contributed by atoms with Crippen LogP contribution >= 0.6 is 0 Å². The number of nitrogens with zero attached hydrogens (tertiary/aromatic N) is 1. The van der Waals surface area contributed by atoms with Crippen LogP contribution in [0.2, 0.25) is 0 Å². The van der Waals surface area contributed by atoms with Crippen LogP contribution in [0.5, 0.6) is 0 Å². The minimum absolute atomic E-state index is 0.0428. The molecule has 0 aliphatic carbocycles. The van der Waals surface area contributed by atoms with Gasteiger partial charge in [0.25, 0.3) is 5.91 Å². The Kier molecular flexibility index (Phi) is 4.69. The number of morpholine rings is 1. The summed E-state index contributed by atoms with van der Waals surface area (Å²) in [5.41, 5.74) is 2.04. The van der Waals surface area contributed by atoms with E-state index in [1.165, 1.54) is 6.07 Å². The van der Waals surface area contributed by atoms with E-state index in [1.54, 1.807) is 12.1 Å². The SMILES string of the molecule is CNc1ccc(C(F)(F)F)cc1C(=O)NN1CCOCC1. The summed E-state index contributed by atoms with van der Waals surface area (Å²) in [4.78, 5) is 12.2. The lowest BCUT2D eigenvalue weighted by Crippen LogP contribution is -2.48. The first-order valence-corrected chi connectivity index (χ1v) is 6.44. The summed E-state index contributed by atoms with van der Waals surface area (Å²) in [6, 6.07) is 3.04. The first kappa shape index (κ1) is 15.6. The van der Waals surface area contributed by atoms with Crippen molar-refractivity contribution in [3.63, 3.8) is 0 Å². The Labute approximate surface area is 120 Å². The van der Waals surface area contributed by atoms with E-state index in [9.17, 15) is 18.0 Å². The molecule has 0 aromatic heterocycles. The highest BCUT2D eigenvalue weighted by Gasteiger charge is 2.32. The van der Waals surface area contributed by atoms with Gasteiger partial charge in [0.15, 0.2) is 0 Å². The fraction of sp³-hybridized carbons (Fsp3) is 0.462. The third-order valence-corrected chi connectivity index (χ3v) is 3.13. The number of ether oxygens (including phenoxy) is 1. The molecule has 5 nitrogen and oxygen atoms in total. The van der Waals surface area contributed by atoms with Crippen LogP contribution in [0.15, 0.2) is 18.2 Å². The predicted octanol–water partition coefficient (Wildman–Crippen LogP) is 1.72. The van der Waals surface area contributed by atoms with Crippen molar-refractivity contribution in [3.05, 3.63) is 29.3 Å². The monoisotopic (exact) mass is 303 g/mol. The second-order valence-electron chi connectivity index (χ2n) is 4.55. The highest BCUT2D eigenvalue weighted by Crippen LogP contribution is 2.31. The number of nitrogens with one attached hydrogen (secondary N) is 2. The molecule has 1 aliphatic rings. The third kappa shape index (κ3) is 3.85. The fourth-order valence-corrected chi connectivity index (χ4v) is 2.01. The Morgan fingerprint density at radius 3 is 2.52 bits per heavy atom. The van der Waals surface area contributed by atoms with Crippen LogP contribution in [0.1, 0.15) is 15.9 Å². The van der Waals surface area contributed by atoms with Crippen molar-refractivity contribution in [2.75, 3.05) is 38.7 Å². The quantitative estimate of drug-likeness (QED) is 0.893. The first-order valence-electron chi connectivity index (χ1n) is 6.44. The average molecular weight is 303 g/mol. The zero-order chi connectivity index (χ0) is 15.5. The zero-order valence-electron chi connectivity index (χ0n) is 11.5. The molecule has 0 saturated carbocycles. The molecule has 1 fully saturated rings. The fourth-order valence-electron chi connectivity index (χ4n) is 2.01. The molecule has 1 amide bonds. The first-order chi connectivity index (χ1) is 9.91. The van der Waals surface area contributed by atoms with Gasteiger partial charge in [-0.05, 0) is 18.2 Å². The molecular weight excluding hydrogens is 287 g/mol. The molecule has 1 heterocycles. The summed E-state index contributed by atoms with van der Waals surface area (Å²) >= 11 is 0. The maximum atomic E-state index is 12.7. The Bertz CT molecular complexity index is 514. The van der Waals surface area contributed by atoms with Gasteiger partial charge >= 0.3 is 6.18 Å². The number of carbonyl (C=O) groups excluding carboxylic acids is 1. The van der Waals surface area contributed by atoms with E-state index in [-0.39, 0.29) is 5.56 Å². The topological polar surface area (TPSA) is 53.6 Å². The van der Waals surface area contributed by atoms with Gasteiger partial charge in [-0.25, -0.2) is 5.01 Å². The molecule has 0 atom stereocenters. The maximum Gasteiger partial charge on any atom is 0.416 e. The van der Waals surface area contributed by atoms with Gasteiger partial charge in [-0.3, -0.25) is 10.2 Å². The van der Waals surface area contributed by atoms with Crippen molar-refractivity contribution < 1.29 is 22.7 Å². The van der Waals surface area contributed by atoms with Gasteiger partial charge in [0.1, 0.15) is 0 Å². The largest absolute Gasteiger partial charge is 0.416 e. The van der Waals surface area contributed by atoms with Crippen molar-refractivity contribution in [2.24, 2.45) is 0 Å². The summed E-state index contributed by atoms with van der Waals surface area (Å²) in [5, 5.41) is 4.35. The Morgan fingerprint density at radius 2 is 1.95 bits per heavy atom. The number of alkyl halides is 3. The van der Waals surface area contributed by atoms with E-state index in [4.69, 9.17) is 4.74 Å². The summed E-state index contributed by atoms with van der Waals surface area (Å²) < 4.78 is 43.4. The summed E-state index contributed by atoms with van der Waals surface area (Å²) in [5.74, 6) is -0.577. The molecule has 2 N–H and O–H groups in total. The van der Waals surface area contributed by atoms with Crippen LogP contribution in [0.25, 0.3) is 0 Å². The van der Waals surface area contributed by atoms with Crippen LogP contribution in [0, 0.1) is 0 Å². The van der Waals surface area contributed by atoms with E-state index in [0.29, 0.717) is 32.0 Å². The van der Waals surface area contributed by atoms with E-state index in [0.717, 1.165) is 12.1 Å². The van der Waals surface area contributed by atoms with E-state index in [2.05, 4.69) is 10.7 Å². The van der Waals surface area contributed by atoms with Gasteiger partial charge in [-0.1, -0.05) is 0 Å². The molecule has 0 radical (unpaired) electrons. The van der Waals surface area contributed by atoms with Crippen molar-refractivity contribution >= 4 is 11.6 Å². The summed E-state index contributed by atoms with van der Waals surface area (Å²) in [6.45, 7) is 1.95. The molecule has 8 heteroatoms. The van der Waals surface area contributed by atoms with Gasteiger partial charge in [-0.15, -0.1) is 0 Å². The molecular formula is C13H16F3N3O2. The minimum atomic E-state index is -4.49. The minimum Gasteiger partial charge on any atom is -0.387 e. The number of benzene rings is 1. The smallest absolute Gasteiger partial charge is 0.387 e. The lowest BCUT2D eigenvalue weighted by atomic mass is 10.1. The van der Waals surface area contributed by atoms with Crippen LogP contribution in [-0.4, -0.2) is 44.3 Å². The molecule has 1 aromatic carbocycles. The van der Waals surface area contributed by atoms with E-state index >= 15 is 0 Å². The Balaban J connectivity index is 2.21. The highest BCUT2D eigenvalue weighted by molar-refractivity contribution is 5.99. The number of hydrogen-bond donors (Lipinski definition) is 2. The number of rotatable bonds is 3. The Hall–Kier alpha value is -1.80. The second kappa shape index (κ2) is 6.31. The third-order valence-electron chi connectivity index (χ3n) is 3.13. The van der Waals surface area contributed by atoms with Gasteiger partial charge in [0, 0.05) is 25.8 Å². The maximum absolute atomic E-state index is 12.7. The molecule has 1 aliphatic heterocycles. The predicted molar refractivity (Wildman–Crippen MR) is 70.8 cm³/mol. The second-order valence-corrected chi connectivity index (χ2v) is 4.55. The van der Waals surface area contributed by atoms with Crippen molar-refractivity contribution in [2.45, 2.75) is 6.18 Å². The van der Waals surface area contributed by atoms with Gasteiger partial charge < -0.3 is 10.1 Å². The van der Waals surface area contributed by atoms with Crippen LogP contribution < -0.4 is 10.7 Å². The summed E-state index contributed by atoms with van der Waals surface area (Å²) in [7, 11) is 1.55. The van der Waals surface area contributed by atoms with Crippen LogP contribution in [0.3, 0.4) is 0 Å². The number of amides is 1. The molecule has 0 bridgehead atoms. The molecule has 2 rings (SSSR count). The highest BCUT2D eigenvalue weighted by atomic mass is 19.4. The lowest BCUT2D eigenvalue weighted by molar-refractivity contribution is -0.137. The number of hydrazine groups is 1. The van der Waals surface area contributed by atoms with Gasteiger partial charge in [0.05, 0.1) is 24.3 Å². The normalized spacial score (nSPS) is 16.6. The number of halogens is 3. The molecule has 0 unspecified atom stereocenters. The van der Waals surface area contributed by atoms with Crippen LogP contribution in [-0.2, 0) is 10.9 Å². The lowest BCUT2D eigenvalue weighted by Gasteiger charge is -2.27. The molecule has 1 saturated heterocycles. The Morgan fingerprint density at radius 1 is 1.29 bits per heavy atom. The van der Waals surface area contributed by atoms with Gasteiger partial charge in [0.2, 0.25) is 0 Å².